The van der Waals surface area contributed by atoms with Gasteiger partial charge in [-0.25, -0.2) is 4.79 Å². The van der Waals surface area contributed by atoms with Crippen LogP contribution in [-0.4, -0.2) is 170 Å². The van der Waals surface area contributed by atoms with Gasteiger partial charge in [0, 0.05) is 20.0 Å². The average molecular weight is 1190 g/mol. The summed E-state index contributed by atoms with van der Waals surface area (Å²) in [4.78, 5) is 179. The molecule has 2 heterocycles. The number of carbonyl (C=O) groups excluding carboxylic acids is 12. The number of nitrogens with zero attached hydrogens (tertiary/aromatic N) is 2. The van der Waals surface area contributed by atoms with E-state index < -0.39 is 148 Å². The predicted molar refractivity (Wildman–Crippen MR) is 312 cm³/mol. The van der Waals surface area contributed by atoms with Crippen LogP contribution in [0.4, 0.5) is 0 Å². The highest BCUT2D eigenvalue weighted by Gasteiger charge is 2.46. The number of carboxylic acids is 1. The van der Waals surface area contributed by atoms with Gasteiger partial charge in [0.05, 0.1) is 6.42 Å². The number of nitrogens with one attached hydrogen (secondary N) is 9. The van der Waals surface area contributed by atoms with E-state index in [9.17, 15) is 67.4 Å². The van der Waals surface area contributed by atoms with Crippen LogP contribution < -0.4 is 53.6 Å². The molecule has 0 aliphatic carbocycles. The highest BCUT2D eigenvalue weighted by molar-refractivity contribution is 6.01. The summed E-state index contributed by atoms with van der Waals surface area (Å²) in [6, 6.07) is -9.66. The van der Waals surface area contributed by atoms with Gasteiger partial charge in [0.15, 0.2) is 0 Å². The van der Waals surface area contributed by atoms with E-state index >= 15 is 0 Å². The zero-order valence-corrected chi connectivity index (χ0v) is 52.7. The first-order chi connectivity index (χ1) is 38.6. The maximum atomic E-state index is 14.5. The van der Waals surface area contributed by atoms with E-state index in [-0.39, 0.29) is 81.2 Å². The molecule has 2 rings (SSSR count). The van der Waals surface area contributed by atoms with Crippen LogP contribution in [0, 0.1) is 29.6 Å². The van der Waals surface area contributed by atoms with E-state index in [4.69, 9.17) is 5.73 Å². The first-order valence-electron chi connectivity index (χ1n) is 29.5. The Bertz CT molecular complexity index is 2410. The monoisotopic (exact) mass is 1190 g/mol. The Kier molecular flexibility index (Phi) is 27.8. The Hall–Kier alpha value is -6.89. The van der Waals surface area contributed by atoms with Gasteiger partial charge in [-0.1, -0.05) is 75.7 Å². The summed E-state index contributed by atoms with van der Waals surface area (Å²) in [7, 11) is 0. The Balaban J connectivity index is 2.32. The molecular formula is C58H100N12O14. The first kappa shape index (κ1) is 73.2. The highest BCUT2D eigenvalue weighted by atomic mass is 16.4. The van der Waals surface area contributed by atoms with Crippen molar-refractivity contribution in [3.05, 3.63) is 0 Å². The summed E-state index contributed by atoms with van der Waals surface area (Å²) in [6.45, 7) is 28.2. The van der Waals surface area contributed by atoms with Gasteiger partial charge >= 0.3 is 5.97 Å². The van der Waals surface area contributed by atoms with Crippen LogP contribution in [0.15, 0.2) is 0 Å². The SMILES string of the molecule is CC[C@H](C)[C@H](NC(=O)[C@@H]1CCCN1C(=O)C(C)(C)NC(=O)[C@H](CC(C)C)NC(=O)[C@H](CC(C)C)NC(=O)[C@@H]1CCCN1C(=O)C(C)(C)NC(=O)[C@H](CC(C)C)NC(=O)[C@H](CC(C)C)NC(=O)[C@H](CC(N)=O)NC(=O)C(C)(C)NC(C)=O)C(=O)O. The third-order valence-corrected chi connectivity index (χ3v) is 14.8. The van der Waals surface area contributed by atoms with Crippen molar-refractivity contribution in [2.45, 2.75) is 247 Å². The lowest BCUT2D eigenvalue weighted by atomic mass is 9.97. The molecular weight excluding hydrogens is 1090 g/mol. The number of carbonyl (C=O) groups is 13. The molecule has 2 aliphatic heterocycles. The summed E-state index contributed by atoms with van der Waals surface area (Å²) in [5.74, 6) is -10.8. The van der Waals surface area contributed by atoms with Gasteiger partial charge in [-0.2, -0.15) is 0 Å². The van der Waals surface area contributed by atoms with Gasteiger partial charge in [-0.05, 0) is 122 Å². The van der Waals surface area contributed by atoms with Crippen LogP contribution in [0.2, 0.25) is 0 Å². The molecule has 2 aliphatic rings. The molecule has 0 aromatic heterocycles. The number of nitrogens with two attached hydrogens (primary N) is 1. The Morgan fingerprint density at radius 2 is 0.833 bits per heavy atom. The maximum Gasteiger partial charge on any atom is 0.326 e. The largest absolute Gasteiger partial charge is 0.480 e. The van der Waals surface area contributed by atoms with Crippen LogP contribution in [0.25, 0.3) is 0 Å². The number of aliphatic carboxylic acids is 1. The molecule has 9 atom stereocenters. The third-order valence-electron chi connectivity index (χ3n) is 14.8. The van der Waals surface area contributed by atoms with Gasteiger partial charge < -0.3 is 68.5 Å². The molecule has 12 N–H and O–H groups in total. The summed E-state index contributed by atoms with van der Waals surface area (Å²) < 4.78 is 0. The Morgan fingerprint density at radius 1 is 0.488 bits per heavy atom. The molecule has 12 amide bonds. The molecule has 0 unspecified atom stereocenters. The van der Waals surface area contributed by atoms with Gasteiger partial charge in [0.1, 0.15) is 65.0 Å². The third kappa shape index (κ3) is 22.3. The molecule has 26 nitrogen and oxygen atoms in total. The minimum atomic E-state index is -1.67. The smallest absolute Gasteiger partial charge is 0.326 e. The molecule has 84 heavy (non-hydrogen) atoms. The van der Waals surface area contributed by atoms with Crippen LogP contribution in [0.5, 0.6) is 0 Å². The lowest BCUT2D eigenvalue weighted by Crippen LogP contribution is -2.64. The second-order valence-electron chi connectivity index (χ2n) is 26.0. The standard InChI is InChI=1S/C58H100N12O14/c1-18-34(10)44(52(80)81)65-51(79)42-22-20-24-70(42)55(84)58(16,17)68-49(77)39(28-33(8)9)62-46(74)37(26-31(4)5)63-50(78)41-21-19-23-69(41)54(83)57(14,15)67-48(76)38(27-32(6)7)61-45(73)36(25-30(2)3)60-47(75)40(29-43(59)72)64-53(82)56(12,13)66-35(11)71/h30-34,36-42,44H,18-29H2,1-17H3,(H2,59,72)(H,60,75)(H,61,73)(H,62,74)(H,63,78)(H,64,82)(H,65,79)(H,66,71)(H,67,76)(H,68,77)(H,80,81)/t34-,36-,37-,38-,39-,40-,41-,42-,44-/m0/s1. The molecule has 0 spiro atoms. The first-order valence-corrected chi connectivity index (χ1v) is 29.5. The minimum absolute atomic E-state index is 0.0569. The van der Waals surface area contributed by atoms with E-state index in [0.717, 1.165) is 0 Å². The van der Waals surface area contributed by atoms with Crippen molar-refractivity contribution in [2.75, 3.05) is 13.1 Å². The highest BCUT2D eigenvalue weighted by Crippen LogP contribution is 2.25. The Labute approximate surface area is 495 Å². The number of hydrogen-bond donors (Lipinski definition) is 11. The zero-order chi connectivity index (χ0) is 64.5. The minimum Gasteiger partial charge on any atom is -0.480 e. The quantitative estimate of drug-likeness (QED) is 0.0444. The summed E-state index contributed by atoms with van der Waals surface area (Å²) in [5.41, 5.74) is 0.673. The van der Waals surface area contributed by atoms with Crippen molar-refractivity contribution in [3.8, 4) is 0 Å². The molecule has 0 saturated carbocycles. The van der Waals surface area contributed by atoms with Crippen molar-refractivity contribution in [3.63, 3.8) is 0 Å². The van der Waals surface area contributed by atoms with E-state index in [1.807, 2.05) is 41.5 Å². The van der Waals surface area contributed by atoms with Crippen LogP contribution >= 0.6 is 0 Å². The zero-order valence-electron chi connectivity index (χ0n) is 52.7. The lowest BCUT2D eigenvalue weighted by Gasteiger charge is -2.35. The van der Waals surface area contributed by atoms with Crippen molar-refractivity contribution >= 4 is 76.9 Å². The summed E-state index contributed by atoms with van der Waals surface area (Å²) in [5, 5.41) is 33.7. The number of likely N-dealkylation sites (tertiary alicyclic amines) is 2. The number of rotatable bonds is 32. The molecule has 2 saturated heterocycles. The van der Waals surface area contributed by atoms with Crippen LogP contribution in [-0.2, 0) is 62.3 Å². The maximum absolute atomic E-state index is 14.5. The van der Waals surface area contributed by atoms with Gasteiger partial charge in [0.25, 0.3) is 0 Å². The second kappa shape index (κ2) is 31.8. The van der Waals surface area contributed by atoms with Gasteiger partial charge in [-0.3, -0.25) is 57.5 Å². The van der Waals surface area contributed by atoms with Gasteiger partial charge in [0.2, 0.25) is 70.9 Å². The number of hydrogen-bond acceptors (Lipinski definition) is 13. The molecule has 0 bridgehead atoms. The van der Waals surface area contributed by atoms with E-state index in [1.54, 1.807) is 27.7 Å². The van der Waals surface area contributed by atoms with Gasteiger partial charge in [-0.15, -0.1) is 0 Å². The molecule has 0 aromatic carbocycles. The fourth-order valence-corrected chi connectivity index (χ4v) is 10.3. The molecule has 0 radical (unpaired) electrons. The second-order valence-corrected chi connectivity index (χ2v) is 26.0. The fourth-order valence-electron chi connectivity index (χ4n) is 10.3. The number of primary amides is 1. The van der Waals surface area contributed by atoms with Crippen molar-refractivity contribution in [2.24, 2.45) is 35.3 Å². The summed E-state index contributed by atoms with van der Waals surface area (Å²) in [6.07, 6.45) is 1.62. The summed E-state index contributed by atoms with van der Waals surface area (Å²) >= 11 is 0. The van der Waals surface area contributed by atoms with E-state index in [1.165, 1.54) is 58.3 Å². The van der Waals surface area contributed by atoms with Crippen molar-refractivity contribution < 1.29 is 67.4 Å². The molecule has 0 aromatic rings. The Morgan fingerprint density at radius 3 is 1.17 bits per heavy atom. The average Bonchev–Trinajstić information content (AvgIpc) is 2.94. The van der Waals surface area contributed by atoms with Crippen LogP contribution in [0.1, 0.15) is 182 Å². The number of amides is 12. The van der Waals surface area contributed by atoms with E-state index in [0.29, 0.717) is 19.3 Å². The molecule has 2 fully saturated rings. The lowest BCUT2D eigenvalue weighted by molar-refractivity contribution is -0.147. The fraction of sp³-hybridized carbons (Fsp3) is 0.776. The van der Waals surface area contributed by atoms with E-state index in [2.05, 4.69) is 47.9 Å². The van der Waals surface area contributed by atoms with Crippen molar-refractivity contribution in [1.82, 2.24) is 57.7 Å². The van der Waals surface area contributed by atoms with Crippen molar-refractivity contribution in [1.29, 1.82) is 0 Å². The molecule has 476 valence electrons. The van der Waals surface area contributed by atoms with Crippen LogP contribution in [0.3, 0.4) is 0 Å². The normalized spacial score (nSPS) is 18.1. The topological polar surface area (TPSA) is 383 Å². The predicted octanol–water partition coefficient (Wildman–Crippen LogP) is 0.772. The number of carboxylic acid groups (broad SMARTS) is 1. The molecule has 26 heteroatoms.